The number of hydrogen-bond acceptors (Lipinski definition) is 8. The van der Waals surface area contributed by atoms with E-state index in [1.165, 1.54) is 89.0 Å². The van der Waals surface area contributed by atoms with Crippen molar-refractivity contribution in [3.63, 3.8) is 0 Å². The molecule has 8 aromatic carbocycles. The number of aryl methyl sites for hydroxylation is 16. The first-order chi connectivity index (χ1) is 56.1. The van der Waals surface area contributed by atoms with Gasteiger partial charge in [0.05, 0.1) is 22.3 Å². The van der Waals surface area contributed by atoms with Gasteiger partial charge in [-0.2, -0.15) is 0 Å². The van der Waals surface area contributed by atoms with Crippen LogP contribution in [0.1, 0.15) is 67.3 Å². The van der Waals surface area contributed by atoms with E-state index in [0.29, 0.717) is 22.9 Å². The van der Waals surface area contributed by atoms with Crippen molar-refractivity contribution in [2.24, 2.45) is 28.2 Å². The molecular formula is C104H92N8O4+4. The minimum absolute atomic E-state index is 0.698. The van der Waals surface area contributed by atoms with E-state index < -0.39 is 0 Å². The molecule has 0 saturated carbocycles. The average Bonchev–Trinajstić information content (AvgIpc) is 1.58. The van der Waals surface area contributed by atoms with Gasteiger partial charge in [0.15, 0.2) is 47.1 Å². The van der Waals surface area contributed by atoms with Gasteiger partial charge in [0.1, 0.15) is 28.2 Å². The van der Waals surface area contributed by atoms with Crippen LogP contribution < -0.4 is 18.3 Å². The molecule has 0 spiro atoms. The van der Waals surface area contributed by atoms with Gasteiger partial charge < -0.3 is 17.7 Å². The molecule has 568 valence electrons. The van der Waals surface area contributed by atoms with Gasteiger partial charge in [0.2, 0.25) is 45.6 Å². The topological polar surface area (TPSA) is 120 Å². The van der Waals surface area contributed by atoms with Crippen LogP contribution >= 0.6 is 0 Å². The highest BCUT2D eigenvalue weighted by molar-refractivity contribution is 6.13. The summed E-state index contributed by atoms with van der Waals surface area (Å²) >= 11 is 0. The van der Waals surface area contributed by atoms with Gasteiger partial charge in [-0.1, -0.05) is 158 Å². The van der Waals surface area contributed by atoms with Gasteiger partial charge >= 0.3 is 0 Å². The number of hydrogen-bond donors (Lipinski definition) is 0. The monoisotopic (exact) mass is 1520 g/mol. The number of benzene rings is 8. The molecular weight excluding hydrogens is 1430 g/mol. The summed E-state index contributed by atoms with van der Waals surface area (Å²) in [7, 11) is 8.36. The number of rotatable bonds is 8. The second-order valence-electron chi connectivity index (χ2n) is 31.1. The highest BCUT2D eigenvalue weighted by Crippen LogP contribution is 2.44. The molecule has 12 heteroatoms. The third-order valence-corrected chi connectivity index (χ3v) is 22.7. The number of pyridine rings is 8. The van der Waals surface area contributed by atoms with Gasteiger partial charge in [0.25, 0.3) is 0 Å². The van der Waals surface area contributed by atoms with Crippen molar-refractivity contribution in [1.82, 2.24) is 19.9 Å². The van der Waals surface area contributed by atoms with Crippen LogP contribution in [0.2, 0.25) is 0 Å². The van der Waals surface area contributed by atoms with Crippen molar-refractivity contribution < 1.29 is 35.9 Å². The maximum atomic E-state index is 6.39. The molecule has 0 unspecified atom stereocenters. The summed E-state index contributed by atoms with van der Waals surface area (Å²) in [6.07, 6.45) is 8.63. The first-order valence-electron chi connectivity index (χ1n) is 39.5. The maximum Gasteiger partial charge on any atom is 0.227 e. The summed E-state index contributed by atoms with van der Waals surface area (Å²) in [5.74, 6) is 0. The zero-order valence-corrected chi connectivity index (χ0v) is 68.6. The third-order valence-electron chi connectivity index (χ3n) is 22.7. The summed E-state index contributed by atoms with van der Waals surface area (Å²) < 4.78 is 34.0. The molecule has 12 nitrogen and oxygen atoms in total. The molecule has 0 atom stereocenters. The first-order valence-corrected chi connectivity index (χ1v) is 39.5. The molecule has 12 aromatic heterocycles. The molecule has 0 aliphatic carbocycles. The van der Waals surface area contributed by atoms with Crippen LogP contribution in [0.3, 0.4) is 0 Å². The molecule has 0 radical (unpaired) electrons. The lowest BCUT2D eigenvalue weighted by atomic mass is 9.94. The Kier molecular flexibility index (Phi) is 19.7. The lowest BCUT2D eigenvalue weighted by Gasteiger charge is -2.11. The minimum atomic E-state index is 0.698. The highest BCUT2D eigenvalue weighted by atomic mass is 16.4. The molecule has 0 aliphatic rings. The lowest BCUT2D eigenvalue weighted by Crippen LogP contribution is -2.31. The summed E-state index contributed by atoms with van der Waals surface area (Å²) in [6.45, 7) is 25.2. The van der Waals surface area contributed by atoms with Crippen molar-refractivity contribution in [2.45, 2.75) is 83.1 Å². The molecule has 0 aliphatic heterocycles. The summed E-state index contributed by atoms with van der Waals surface area (Å²) in [5, 5.41) is 8.79. The van der Waals surface area contributed by atoms with E-state index in [1.807, 2.05) is 58.0 Å². The smallest absolute Gasteiger partial charge is 0.227 e. The molecule has 0 fully saturated rings. The molecule has 0 N–H and O–H groups in total. The van der Waals surface area contributed by atoms with Gasteiger partial charge in [-0.3, -0.25) is 0 Å². The second kappa shape index (κ2) is 30.6. The Balaban J connectivity index is 0.000000111. The Morgan fingerprint density at radius 3 is 0.871 bits per heavy atom. The average molecular weight is 1520 g/mol. The van der Waals surface area contributed by atoms with E-state index >= 15 is 0 Å². The molecule has 0 amide bonds. The van der Waals surface area contributed by atoms with Crippen molar-refractivity contribution in [1.29, 1.82) is 0 Å². The Morgan fingerprint density at radius 1 is 0.224 bits per heavy atom. The standard InChI is InChI=1S/C27H25N2O.2C26H23N2O.C25H21N2O/c1-16-13-17(2)25(26-24(16)21-12-11-19(4)28-27(21)30-26)23-14-22(18(3)15-29(23)5)20-9-7-6-8-10-20;1-16-10-12-20-21-13-11-18(3)27-26(21)29-25(20)24(16)23-14-22(17(2)15-28(23)4)19-8-6-5-7-9-19;1-16-14-17(2)24(25-23(16)21-11-10-18(3)27-26(21)29-25)22-15-20(12-13-28(22)4)19-8-6-5-7-9-19;1-16-9-11-20-21-12-10-17(2)26-25(21)28-24(20)23(16)22-15-19(13-14-27(22)3)18-7-5-4-6-8-18/h6-15H,1-5H3;2*5-15H,1-4H3;4-15H,1-3H3/q4*+1. The maximum absolute atomic E-state index is 6.39. The Hall–Kier alpha value is -13.8. The molecule has 12 heterocycles. The Morgan fingerprint density at radius 2 is 0.517 bits per heavy atom. The summed E-state index contributed by atoms with van der Waals surface area (Å²) in [5.41, 5.74) is 38.7. The summed E-state index contributed by atoms with van der Waals surface area (Å²) in [4.78, 5) is 18.5. The van der Waals surface area contributed by atoms with Crippen molar-refractivity contribution >= 4 is 88.3 Å². The van der Waals surface area contributed by atoms with Gasteiger partial charge in [-0.05, 0) is 210 Å². The Labute approximate surface area is 675 Å². The summed E-state index contributed by atoms with van der Waals surface area (Å²) in [6, 6.07) is 85.2. The minimum Gasteiger partial charge on any atom is -0.437 e. The molecule has 20 rings (SSSR count). The highest BCUT2D eigenvalue weighted by Gasteiger charge is 2.29. The quantitative estimate of drug-likeness (QED) is 0.138. The lowest BCUT2D eigenvalue weighted by molar-refractivity contribution is -0.660. The van der Waals surface area contributed by atoms with Crippen molar-refractivity contribution in [3.8, 4) is 89.5 Å². The fraction of sp³-hybridized carbons (Fsp3) is 0.154. The largest absolute Gasteiger partial charge is 0.437 e. The van der Waals surface area contributed by atoms with E-state index in [1.54, 1.807) is 0 Å². The van der Waals surface area contributed by atoms with Crippen LogP contribution in [-0.2, 0) is 28.2 Å². The fourth-order valence-electron chi connectivity index (χ4n) is 16.8. The number of aromatic nitrogens is 8. The van der Waals surface area contributed by atoms with Crippen LogP contribution in [0.15, 0.2) is 285 Å². The zero-order chi connectivity index (χ0) is 80.5. The van der Waals surface area contributed by atoms with E-state index in [4.69, 9.17) is 17.7 Å². The number of nitrogens with zero attached hydrogens (tertiary/aromatic N) is 8. The van der Waals surface area contributed by atoms with Crippen LogP contribution in [0, 0.1) is 83.1 Å². The fourth-order valence-corrected chi connectivity index (χ4v) is 16.8. The zero-order valence-electron chi connectivity index (χ0n) is 68.6. The normalized spacial score (nSPS) is 11.4. The van der Waals surface area contributed by atoms with Crippen molar-refractivity contribution in [2.75, 3.05) is 0 Å². The van der Waals surface area contributed by atoms with E-state index in [9.17, 15) is 0 Å². The van der Waals surface area contributed by atoms with E-state index in [-0.39, 0.29) is 0 Å². The number of fused-ring (bicyclic) bond motifs is 12. The third kappa shape index (κ3) is 13.9. The van der Waals surface area contributed by atoms with Gasteiger partial charge in [0, 0.05) is 113 Å². The predicted octanol–water partition coefficient (Wildman–Crippen LogP) is 24.3. The second-order valence-corrected chi connectivity index (χ2v) is 31.1. The SMILES string of the molecule is Cc1ccc2c(n1)oc1c(-c3cc(-c4ccccc4)c(C)c[n+]3C)c(C)cc(C)c12.Cc1ccc2c(n1)oc1c(-c3cc(-c4ccccc4)c(C)c[n+]3C)c(C)ccc12.Cc1ccc2c(n1)oc1c(-c3cc(-c4ccccc4)cc[n+]3C)c(C)cc(C)c12.Cc1ccc2c(n1)oc1c(-c3cc(-c4ccccc4)cc[n+]3C)c(C)ccc12. The van der Waals surface area contributed by atoms with Crippen LogP contribution in [-0.4, -0.2) is 19.9 Å². The van der Waals surface area contributed by atoms with Gasteiger partial charge in [-0.25, -0.2) is 38.2 Å². The Bertz CT molecular complexity index is 7260. The van der Waals surface area contributed by atoms with Crippen molar-refractivity contribution in [3.05, 3.63) is 335 Å². The van der Waals surface area contributed by atoms with E-state index in [0.717, 1.165) is 133 Å². The first kappa shape index (κ1) is 74.9. The molecule has 116 heavy (non-hydrogen) atoms. The number of furan rings is 4. The van der Waals surface area contributed by atoms with Crippen LogP contribution in [0.25, 0.3) is 178 Å². The molecule has 0 saturated heterocycles. The predicted molar refractivity (Wildman–Crippen MR) is 471 cm³/mol. The van der Waals surface area contributed by atoms with Gasteiger partial charge in [-0.15, -0.1) is 0 Å². The van der Waals surface area contributed by atoms with Crippen LogP contribution in [0.5, 0.6) is 0 Å². The molecule has 0 bridgehead atoms. The molecule has 20 aromatic rings. The van der Waals surface area contributed by atoms with E-state index in [2.05, 4.69) is 359 Å². The van der Waals surface area contributed by atoms with Crippen LogP contribution in [0.4, 0.5) is 0 Å².